The standard InChI is InChI=1S/C19H22F2N2O3S/c1-12(18(24)22-14-7-10-16(20)17(21)11-14)23-27(25,26)15-8-5-13(6-9-15)19(2,3)4/h5-12,23H,1-4H3,(H,22,24)/t12-/m0/s1. The topological polar surface area (TPSA) is 75.3 Å². The molecule has 0 aliphatic rings. The van der Waals surface area contributed by atoms with Gasteiger partial charge in [-0.25, -0.2) is 17.2 Å². The molecule has 8 heteroatoms. The van der Waals surface area contributed by atoms with E-state index in [-0.39, 0.29) is 16.0 Å². The van der Waals surface area contributed by atoms with Gasteiger partial charge < -0.3 is 5.32 Å². The first-order valence-corrected chi connectivity index (χ1v) is 9.77. The van der Waals surface area contributed by atoms with Crippen molar-refractivity contribution in [3.63, 3.8) is 0 Å². The summed E-state index contributed by atoms with van der Waals surface area (Å²) in [6.45, 7) is 7.40. The summed E-state index contributed by atoms with van der Waals surface area (Å²) < 4.78 is 53.3. The fourth-order valence-electron chi connectivity index (χ4n) is 2.31. The predicted molar refractivity (Wildman–Crippen MR) is 99.9 cm³/mol. The van der Waals surface area contributed by atoms with E-state index in [1.54, 1.807) is 12.1 Å². The molecule has 146 valence electrons. The molecule has 27 heavy (non-hydrogen) atoms. The number of carbonyl (C=O) groups is 1. The minimum Gasteiger partial charge on any atom is -0.325 e. The summed E-state index contributed by atoms with van der Waals surface area (Å²) in [6.07, 6.45) is 0. The number of sulfonamides is 1. The van der Waals surface area contributed by atoms with Crippen LogP contribution in [0.25, 0.3) is 0 Å². The molecular weight excluding hydrogens is 374 g/mol. The van der Waals surface area contributed by atoms with Gasteiger partial charge in [-0.3, -0.25) is 4.79 Å². The molecule has 0 saturated heterocycles. The molecule has 0 bridgehead atoms. The van der Waals surface area contributed by atoms with Crippen LogP contribution < -0.4 is 10.0 Å². The van der Waals surface area contributed by atoms with Gasteiger partial charge in [0.15, 0.2) is 11.6 Å². The van der Waals surface area contributed by atoms with E-state index in [2.05, 4.69) is 10.0 Å². The highest BCUT2D eigenvalue weighted by Gasteiger charge is 2.23. The molecular formula is C19H22F2N2O3S. The quantitative estimate of drug-likeness (QED) is 0.811. The van der Waals surface area contributed by atoms with Crippen molar-refractivity contribution in [2.45, 2.75) is 44.0 Å². The van der Waals surface area contributed by atoms with E-state index in [1.165, 1.54) is 25.1 Å². The minimum atomic E-state index is -3.92. The number of hydrogen-bond donors (Lipinski definition) is 2. The third-order valence-electron chi connectivity index (χ3n) is 3.94. The Balaban J connectivity index is 2.09. The van der Waals surface area contributed by atoms with E-state index in [9.17, 15) is 22.0 Å². The second kappa shape index (κ2) is 7.74. The van der Waals surface area contributed by atoms with E-state index >= 15 is 0 Å². The van der Waals surface area contributed by atoms with Crippen molar-refractivity contribution in [2.24, 2.45) is 0 Å². The van der Waals surface area contributed by atoms with Crippen molar-refractivity contribution in [1.82, 2.24) is 4.72 Å². The number of halogens is 2. The van der Waals surface area contributed by atoms with Crippen LogP contribution in [0.4, 0.5) is 14.5 Å². The van der Waals surface area contributed by atoms with Crippen LogP contribution in [0, 0.1) is 11.6 Å². The fourth-order valence-corrected chi connectivity index (χ4v) is 3.52. The molecule has 2 aromatic carbocycles. The summed E-state index contributed by atoms with van der Waals surface area (Å²) >= 11 is 0. The molecule has 5 nitrogen and oxygen atoms in total. The van der Waals surface area contributed by atoms with Gasteiger partial charge in [0.05, 0.1) is 10.9 Å². The molecule has 1 amide bonds. The van der Waals surface area contributed by atoms with Crippen molar-refractivity contribution in [1.29, 1.82) is 0 Å². The van der Waals surface area contributed by atoms with Gasteiger partial charge in [0.2, 0.25) is 15.9 Å². The first kappa shape index (κ1) is 21.0. The lowest BCUT2D eigenvalue weighted by molar-refractivity contribution is -0.117. The first-order valence-electron chi connectivity index (χ1n) is 8.29. The number of nitrogens with one attached hydrogen (secondary N) is 2. The van der Waals surface area contributed by atoms with Crippen LogP contribution in [-0.4, -0.2) is 20.4 Å². The molecule has 0 radical (unpaired) electrons. The predicted octanol–water partition coefficient (Wildman–Crippen LogP) is 3.57. The smallest absolute Gasteiger partial charge is 0.242 e. The maximum absolute atomic E-state index is 13.2. The fraction of sp³-hybridized carbons (Fsp3) is 0.316. The van der Waals surface area contributed by atoms with Crippen LogP contribution in [0.15, 0.2) is 47.4 Å². The second-order valence-corrected chi connectivity index (χ2v) is 8.95. The monoisotopic (exact) mass is 396 g/mol. The SMILES string of the molecule is C[C@H](NS(=O)(=O)c1ccc(C(C)(C)C)cc1)C(=O)Nc1ccc(F)c(F)c1. The lowest BCUT2D eigenvalue weighted by atomic mass is 9.87. The van der Waals surface area contributed by atoms with Gasteiger partial charge in [0.25, 0.3) is 0 Å². The van der Waals surface area contributed by atoms with Gasteiger partial charge >= 0.3 is 0 Å². The molecule has 0 aliphatic heterocycles. The Morgan fingerprint density at radius 3 is 2.11 bits per heavy atom. The number of benzene rings is 2. The van der Waals surface area contributed by atoms with Gasteiger partial charge in [-0.05, 0) is 42.2 Å². The number of hydrogen-bond acceptors (Lipinski definition) is 3. The van der Waals surface area contributed by atoms with Gasteiger partial charge in [0, 0.05) is 11.8 Å². The highest BCUT2D eigenvalue weighted by Crippen LogP contribution is 2.23. The van der Waals surface area contributed by atoms with Gasteiger partial charge in [-0.15, -0.1) is 0 Å². The highest BCUT2D eigenvalue weighted by molar-refractivity contribution is 7.89. The lowest BCUT2D eigenvalue weighted by Gasteiger charge is -2.19. The third-order valence-corrected chi connectivity index (χ3v) is 5.50. The molecule has 2 N–H and O–H groups in total. The van der Waals surface area contributed by atoms with Crippen molar-refractivity contribution >= 4 is 21.6 Å². The molecule has 0 aromatic heterocycles. The minimum absolute atomic E-state index is 0.0273. The number of carbonyl (C=O) groups excluding carboxylic acids is 1. The molecule has 2 rings (SSSR count). The highest BCUT2D eigenvalue weighted by atomic mass is 32.2. The van der Waals surface area contributed by atoms with Gasteiger partial charge in [-0.1, -0.05) is 32.9 Å². The molecule has 0 saturated carbocycles. The molecule has 0 fully saturated rings. The Kier molecular flexibility index (Phi) is 6.01. The van der Waals surface area contributed by atoms with Crippen molar-refractivity contribution in [2.75, 3.05) is 5.32 Å². The maximum Gasteiger partial charge on any atom is 0.242 e. The van der Waals surface area contributed by atoms with Crippen molar-refractivity contribution in [3.8, 4) is 0 Å². The summed E-state index contributed by atoms with van der Waals surface area (Å²) in [6, 6.07) is 8.15. The van der Waals surface area contributed by atoms with Crippen LogP contribution in [-0.2, 0) is 20.2 Å². The van der Waals surface area contributed by atoms with E-state index in [4.69, 9.17) is 0 Å². The van der Waals surface area contributed by atoms with Gasteiger partial charge in [0.1, 0.15) is 0 Å². The maximum atomic E-state index is 13.2. The van der Waals surface area contributed by atoms with Crippen LogP contribution in [0.5, 0.6) is 0 Å². The summed E-state index contributed by atoms with van der Waals surface area (Å²) in [7, 11) is -3.92. The zero-order chi connectivity index (χ0) is 20.4. The van der Waals surface area contributed by atoms with Crippen LogP contribution >= 0.6 is 0 Å². The molecule has 2 aromatic rings. The Labute approximate surface area is 157 Å². The zero-order valence-corrected chi connectivity index (χ0v) is 16.3. The molecule has 0 heterocycles. The molecule has 0 unspecified atom stereocenters. The van der Waals surface area contributed by atoms with E-state index < -0.39 is 33.6 Å². The van der Waals surface area contributed by atoms with E-state index in [1.807, 2.05) is 20.8 Å². The Hall–Kier alpha value is -2.32. The largest absolute Gasteiger partial charge is 0.325 e. The molecule has 0 aliphatic carbocycles. The molecule has 0 spiro atoms. The van der Waals surface area contributed by atoms with Gasteiger partial charge in [-0.2, -0.15) is 4.72 Å². The van der Waals surface area contributed by atoms with Crippen molar-refractivity contribution < 1.29 is 22.0 Å². The second-order valence-electron chi connectivity index (χ2n) is 7.24. The van der Waals surface area contributed by atoms with Crippen molar-refractivity contribution in [3.05, 3.63) is 59.7 Å². The Bertz CT molecular complexity index is 936. The number of rotatable bonds is 5. The normalized spacial score (nSPS) is 13.3. The molecule has 1 atom stereocenters. The van der Waals surface area contributed by atoms with E-state index in [0.29, 0.717) is 0 Å². The van der Waals surface area contributed by atoms with Crippen LogP contribution in [0.2, 0.25) is 0 Å². The zero-order valence-electron chi connectivity index (χ0n) is 15.5. The summed E-state index contributed by atoms with van der Waals surface area (Å²) in [5.74, 6) is -2.85. The van der Waals surface area contributed by atoms with Crippen LogP contribution in [0.1, 0.15) is 33.3 Å². The number of anilines is 1. The summed E-state index contributed by atoms with van der Waals surface area (Å²) in [4.78, 5) is 12.2. The Morgan fingerprint density at radius 2 is 1.59 bits per heavy atom. The number of amides is 1. The summed E-state index contributed by atoms with van der Waals surface area (Å²) in [5, 5.41) is 2.34. The third kappa shape index (κ3) is 5.33. The summed E-state index contributed by atoms with van der Waals surface area (Å²) in [5.41, 5.74) is 0.887. The van der Waals surface area contributed by atoms with Crippen LogP contribution in [0.3, 0.4) is 0 Å². The lowest BCUT2D eigenvalue weighted by Crippen LogP contribution is -2.41. The Morgan fingerprint density at radius 1 is 1.00 bits per heavy atom. The first-order chi connectivity index (χ1) is 12.4. The average molecular weight is 396 g/mol. The van der Waals surface area contributed by atoms with E-state index in [0.717, 1.165) is 17.7 Å². The average Bonchev–Trinajstić information content (AvgIpc) is 2.57.